The topological polar surface area (TPSA) is 63.0 Å². The zero-order valence-corrected chi connectivity index (χ0v) is 9.83. The molecule has 1 aromatic rings. The second-order valence-electron chi connectivity index (χ2n) is 4.41. The third-order valence-corrected chi connectivity index (χ3v) is 2.97. The van der Waals surface area contributed by atoms with Gasteiger partial charge in [-0.25, -0.2) is 0 Å². The lowest BCUT2D eigenvalue weighted by Crippen LogP contribution is -2.31. The molecule has 0 aromatic carbocycles. The summed E-state index contributed by atoms with van der Waals surface area (Å²) in [6, 6.07) is 0. The van der Waals surface area contributed by atoms with Crippen LogP contribution in [0.1, 0.15) is 31.0 Å². The fourth-order valence-corrected chi connectivity index (χ4v) is 2.08. The summed E-state index contributed by atoms with van der Waals surface area (Å²) in [6.45, 7) is 5.89. The van der Waals surface area contributed by atoms with E-state index in [1.165, 1.54) is 32.4 Å². The van der Waals surface area contributed by atoms with Crippen molar-refractivity contribution in [1.29, 1.82) is 0 Å². The Morgan fingerprint density at radius 3 is 3.19 bits per heavy atom. The van der Waals surface area contributed by atoms with Gasteiger partial charge in [0.1, 0.15) is 0 Å². The minimum absolute atomic E-state index is 0.680. The quantitative estimate of drug-likeness (QED) is 0.726. The number of piperidine rings is 1. The number of nitrogens with zero attached hydrogens (tertiary/aromatic N) is 2. The van der Waals surface area contributed by atoms with Gasteiger partial charge in [-0.05, 0) is 51.7 Å². The molecule has 0 bridgehead atoms. The number of rotatable bonds is 5. The fraction of sp³-hybridized carbons (Fsp3) is 0.818. The molecule has 90 valence electrons. The van der Waals surface area contributed by atoms with E-state index in [-0.39, 0.29) is 0 Å². The van der Waals surface area contributed by atoms with Crippen molar-refractivity contribution < 1.29 is 4.52 Å². The van der Waals surface area contributed by atoms with E-state index >= 15 is 0 Å². The van der Waals surface area contributed by atoms with Gasteiger partial charge in [-0.3, -0.25) is 0 Å². The Morgan fingerprint density at radius 1 is 1.56 bits per heavy atom. The summed E-state index contributed by atoms with van der Waals surface area (Å²) in [7, 11) is 0. The molecule has 0 saturated carbocycles. The normalized spacial score (nSPS) is 21.2. The largest absolute Gasteiger partial charge is 0.338 e. The third-order valence-electron chi connectivity index (χ3n) is 2.97. The first-order valence-electron chi connectivity index (χ1n) is 6.05. The molecular weight excluding hydrogens is 204 g/mol. The smallest absolute Gasteiger partial charge is 0.240 e. The number of aryl methyl sites for hydroxylation is 1. The average Bonchev–Trinajstić information content (AvgIpc) is 2.72. The van der Waals surface area contributed by atoms with Gasteiger partial charge < -0.3 is 15.2 Å². The summed E-state index contributed by atoms with van der Waals surface area (Å²) in [6.07, 6.45) is 3.89. The molecule has 2 N–H and O–H groups in total. The molecule has 2 rings (SSSR count). The maximum Gasteiger partial charge on any atom is 0.240 e. The van der Waals surface area contributed by atoms with Crippen LogP contribution in [0.25, 0.3) is 0 Å². The van der Waals surface area contributed by atoms with Gasteiger partial charge >= 0.3 is 0 Å². The molecule has 1 atom stereocenters. The zero-order chi connectivity index (χ0) is 11.2. The van der Waals surface area contributed by atoms with Crippen LogP contribution in [0.2, 0.25) is 0 Å². The molecule has 1 unspecified atom stereocenters. The molecule has 2 heterocycles. The van der Waals surface area contributed by atoms with Crippen molar-refractivity contribution in [2.24, 2.45) is 5.92 Å². The SMILES string of the molecule is Cc1noc(CNCCC2CCCNC2)n1. The van der Waals surface area contributed by atoms with Gasteiger partial charge in [-0.1, -0.05) is 5.16 Å². The molecule has 5 nitrogen and oxygen atoms in total. The number of hydrogen-bond donors (Lipinski definition) is 2. The molecule has 5 heteroatoms. The maximum absolute atomic E-state index is 5.02. The number of hydrogen-bond acceptors (Lipinski definition) is 5. The van der Waals surface area contributed by atoms with Crippen LogP contribution < -0.4 is 10.6 Å². The standard InChI is InChI=1S/C11H20N4O/c1-9-14-11(16-15-9)8-13-6-4-10-3-2-5-12-7-10/h10,12-13H,2-8H2,1H3. The van der Waals surface area contributed by atoms with E-state index in [0.717, 1.165) is 12.5 Å². The van der Waals surface area contributed by atoms with Crippen LogP contribution in [0.5, 0.6) is 0 Å². The van der Waals surface area contributed by atoms with Gasteiger partial charge in [0.15, 0.2) is 5.82 Å². The van der Waals surface area contributed by atoms with Crippen molar-refractivity contribution in [3.63, 3.8) is 0 Å². The average molecular weight is 224 g/mol. The minimum atomic E-state index is 0.680. The van der Waals surface area contributed by atoms with E-state index in [2.05, 4.69) is 20.8 Å². The molecule has 0 amide bonds. The van der Waals surface area contributed by atoms with Gasteiger partial charge in [0.05, 0.1) is 6.54 Å². The first-order chi connectivity index (χ1) is 7.84. The van der Waals surface area contributed by atoms with E-state index in [1.807, 2.05) is 6.92 Å². The van der Waals surface area contributed by atoms with Crippen molar-refractivity contribution in [2.75, 3.05) is 19.6 Å². The van der Waals surface area contributed by atoms with Crippen molar-refractivity contribution in [3.05, 3.63) is 11.7 Å². The highest BCUT2D eigenvalue weighted by Crippen LogP contribution is 2.12. The molecule has 0 spiro atoms. The maximum atomic E-state index is 5.02. The van der Waals surface area contributed by atoms with Gasteiger partial charge in [0.25, 0.3) is 0 Å². The highest BCUT2D eigenvalue weighted by molar-refractivity contribution is 4.81. The van der Waals surface area contributed by atoms with E-state index in [9.17, 15) is 0 Å². The summed E-state index contributed by atoms with van der Waals surface area (Å²) in [5.41, 5.74) is 0. The van der Waals surface area contributed by atoms with Crippen LogP contribution in [0.3, 0.4) is 0 Å². The molecule has 1 fully saturated rings. The van der Waals surface area contributed by atoms with Crippen LogP contribution in [0.4, 0.5) is 0 Å². The second-order valence-corrected chi connectivity index (χ2v) is 4.41. The van der Waals surface area contributed by atoms with Crippen LogP contribution in [-0.2, 0) is 6.54 Å². The predicted octanol–water partition coefficient (Wildman–Crippen LogP) is 0.857. The molecular formula is C11H20N4O. The second kappa shape index (κ2) is 5.96. The molecule has 1 aromatic heterocycles. The van der Waals surface area contributed by atoms with Gasteiger partial charge in [0.2, 0.25) is 5.89 Å². The van der Waals surface area contributed by atoms with E-state index in [1.54, 1.807) is 0 Å². The van der Waals surface area contributed by atoms with E-state index < -0.39 is 0 Å². The van der Waals surface area contributed by atoms with Crippen molar-refractivity contribution >= 4 is 0 Å². The summed E-state index contributed by atoms with van der Waals surface area (Å²) in [4.78, 5) is 4.14. The van der Waals surface area contributed by atoms with Crippen molar-refractivity contribution in [1.82, 2.24) is 20.8 Å². The Balaban J connectivity index is 1.57. The van der Waals surface area contributed by atoms with Crippen molar-refractivity contribution in [2.45, 2.75) is 32.7 Å². The van der Waals surface area contributed by atoms with Gasteiger partial charge in [-0.2, -0.15) is 4.98 Å². The van der Waals surface area contributed by atoms with Crippen LogP contribution in [-0.4, -0.2) is 29.8 Å². The molecule has 0 radical (unpaired) electrons. The summed E-state index contributed by atoms with van der Waals surface area (Å²) < 4.78 is 5.02. The number of nitrogens with one attached hydrogen (secondary N) is 2. The summed E-state index contributed by atoms with van der Waals surface area (Å²) in [5, 5.41) is 10.5. The lowest BCUT2D eigenvalue weighted by Gasteiger charge is -2.22. The third kappa shape index (κ3) is 3.57. The van der Waals surface area contributed by atoms with Crippen LogP contribution >= 0.6 is 0 Å². The lowest BCUT2D eigenvalue weighted by molar-refractivity contribution is 0.338. The predicted molar refractivity (Wildman–Crippen MR) is 61.0 cm³/mol. The monoisotopic (exact) mass is 224 g/mol. The lowest BCUT2D eigenvalue weighted by atomic mass is 9.96. The first kappa shape index (κ1) is 11.5. The Kier molecular flexibility index (Phi) is 4.30. The Labute approximate surface area is 96.0 Å². The number of aromatic nitrogens is 2. The molecule has 1 saturated heterocycles. The van der Waals surface area contributed by atoms with Crippen LogP contribution in [0, 0.1) is 12.8 Å². The highest BCUT2D eigenvalue weighted by atomic mass is 16.5. The first-order valence-corrected chi connectivity index (χ1v) is 6.05. The highest BCUT2D eigenvalue weighted by Gasteiger charge is 2.12. The molecule has 16 heavy (non-hydrogen) atoms. The molecule has 1 aliphatic rings. The van der Waals surface area contributed by atoms with Crippen LogP contribution in [0.15, 0.2) is 4.52 Å². The Hall–Kier alpha value is -0.940. The summed E-state index contributed by atoms with van der Waals surface area (Å²) in [5.74, 6) is 2.21. The van der Waals surface area contributed by atoms with Crippen molar-refractivity contribution in [3.8, 4) is 0 Å². The minimum Gasteiger partial charge on any atom is -0.338 e. The van der Waals surface area contributed by atoms with Gasteiger partial charge in [0, 0.05) is 0 Å². The van der Waals surface area contributed by atoms with E-state index in [4.69, 9.17) is 4.52 Å². The van der Waals surface area contributed by atoms with Gasteiger partial charge in [-0.15, -0.1) is 0 Å². The molecule has 0 aliphatic carbocycles. The summed E-state index contributed by atoms with van der Waals surface area (Å²) >= 11 is 0. The fourth-order valence-electron chi connectivity index (χ4n) is 2.08. The van der Waals surface area contributed by atoms with E-state index in [0.29, 0.717) is 18.3 Å². The Bertz CT molecular complexity index is 307. The Morgan fingerprint density at radius 2 is 2.50 bits per heavy atom. The zero-order valence-electron chi connectivity index (χ0n) is 9.83. The molecule has 1 aliphatic heterocycles.